The summed E-state index contributed by atoms with van der Waals surface area (Å²) >= 11 is 0. The highest BCUT2D eigenvalue weighted by Crippen LogP contribution is 1.99. The lowest BCUT2D eigenvalue weighted by molar-refractivity contribution is 0.206. The van der Waals surface area contributed by atoms with Crippen LogP contribution in [0.3, 0.4) is 0 Å². The van der Waals surface area contributed by atoms with E-state index >= 15 is 0 Å². The molecule has 0 unspecified atom stereocenters. The standard InChI is InChI=1S/C6H15BN2O/c1-7(10)9-5-3-8(2)4-6-9/h10H,3-6H2,1-2H3. The summed E-state index contributed by atoms with van der Waals surface area (Å²) in [6.45, 7) is 5.96. The minimum atomic E-state index is -0.270. The third kappa shape index (κ3) is 1.97. The predicted molar refractivity (Wildman–Crippen MR) is 42.9 cm³/mol. The molecule has 1 rings (SSSR count). The fraction of sp³-hybridized carbons (Fsp3) is 1.00. The van der Waals surface area contributed by atoms with Gasteiger partial charge in [-0.3, -0.25) is 0 Å². The number of piperazine rings is 1. The minimum absolute atomic E-state index is 0.270. The maximum Gasteiger partial charge on any atom is 0.376 e. The van der Waals surface area contributed by atoms with E-state index in [-0.39, 0.29) is 7.05 Å². The first-order chi connectivity index (χ1) is 4.70. The average Bonchev–Trinajstić information content (AvgIpc) is 1.88. The van der Waals surface area contributed by atoms with E-state index in [4.69, 9.17) is 0 Å². The van der Waals surface area contributed by atoms with Crippen LogP contribution < -0.4 is 0 Å². The van der Waals surface area contributed by atoms with E-state index in [0.717, 1.165) is 26.2 Å². The molecule has 58 valence electrons. The Morgan fingerprint density at radius 1 is 1.20 bits per heavy atom. The zero-order valence-electron chi connectivity index (χ0n) is 6.75. The Morgan fingerprint density at radius 3 is 2.10 bits per heavy atom. The van der Waals surface area contributed by atoms with Gasteiger partial charge in [0, 0.05) is 26.2 Å². The van der Waals surface area contributed by atoms with Crippen LogP contribution in [0.1, 0.15) is 0 Å². The summed E-state index contributed by atoms with van der Waals surface area (Å²) in [5.74, 6) is 0. The number of rotatable bonds is 1. The molecule has 0 aromatic carbocycles. The van der Waals surface area contributed by atoms with Crippen molar-refractivity contribution in [3.63, 3.8) is 0 Å². The first-order valence-electron chi connectivity index (χ1n) is 3.81. The van der Waals surface area contributed by atoms with Gasteiger partial charge in [0.2, 0.25) is 0 Å². The summed E-state index contributed by atoms with van der Waals surface area (Å²) in [4.78, 5) is 4.36. The van der Waals surface area contributed by atoms with Crippen molar-refractivity contribution in [1.29, 1.82) is 0 Å². The maximum absolute atomic E-state index is 9.17. The molecule has 1 heterocycles. The van der Waals surface area contributed by atoms with Crippen molar-refractivity contribution >= 4 is 7.05 Å². The van der Waals surface area contributed by atoms with E-state index in [1.165, 1.54) is 0 Å². The van der Waals surface area contributed by atoms with Gasteiger partial charge in [-0.15, -0.1) is 0 Å². The van der Waals surface area contributed by atoms with Crippen LogP contribution in [-0.4, -0.2) is 55.0 Å². The van der Waals surface area contributed by atoms with Crippen molar-refractivity contribution in [2.45, 2.75) is 6.82 Å². The molecule has 1 aliphatic rings. The second kappa shape index (κ2) is 3.37. The van der Waals surface area contributed by atoms with E-state index in [2.05, 4.69) is 16.8 Å². The highest BCUT2D eigenvalue weighted by Gasteiger charge is 2.19. The van der Waals surface area contributed by atoms with Crippen LogP contribution in [0.25, 0.3) is 0 Å². The van der Waals surface area contributed by atoms with Gasteiger partial charge in [0.15, 0.2) is 0 Å². The second-order valence-corrected chi connectivity index (χ2v) is 2.97. The van der Waals surface area contributed by atoms with Gasteiger partial charge in [-0.05, 0) is 13.9 Å². The Kier molecular flexibility index (Phi) is 2.71. The highest BCUT2D eigenvalue weighted by molar-refractivity contribution is 6.45. The summed E-state index contributed by atoms with van der Waals surface area (Å²) in [5.41, 5.74) is 0. The van der Waals surface area contributed by atoms with Gasteiger partial charge in [-0.2, -0.15) is 0 Å². The first-order valence-corrected chi connectivity index (χ1v) is 3.81. The molecule has 3 nitrogen and oxygen atoms in total. The van der Waals surface area contributed by atoms with Gasteiger partial charge < -0.3 is 14.7 Å². The highest BCUT2D eigenvalue weighted by atomic mass is 16.2. The van der Waals surface area contributed by atoms with E-state index in [0.29, 0.717) is 0 Å². The summed E-state index contributed by atoms with van der Waals surface area (Å²) in [5, 5.41) is 9.17. The lowest BCUT2D eigenvalue weighted by Crippen LogP contribution is -2.50. The van der Waals surface area contributed by atoms with Crippen LogP contribution in [0, 0.1) is 0 Å². The first kappa shape index (κ1) is 8.05. The van der Waals surface area contributed by atoms with Gasteiger partial charge in [-0.25, -0.2) is 0 Å². The van der Waals surface area contributed by atoms with E-state index in [1.54, 1.807) is 0 Å². The predicted octanol–water partition coefficient (Wildman–Crippen LogP) is -0.656. The molecule has 1 saturated heterocycles. The summed E-state index contributed by atoms with van der Waals surface area (Å²) in [6, 6.07) is 0. The number of nitrogens with zero attached hydrogens (tertiary/aromatic N) is 2. The molecular weight excluding hydrogens is 127 g/mol. The third-order valence-electron chi connectivity index (χ3n) is 2.07. The van der Waals surface area contributed by atoms with Crippen LogP contribution in [0.2, 0.25) is 6.82 Å². The molecule has 0 saturated carbocycles. The topological polar surface area (TPSA) is 26.7 Å². The van der Waals surface area contributed by atoms with E-state index in [9.17, 15) is 5.02 Å². The van der Waals surface area contributed by atoms with Crippen molar-refractivity contribution in [1.82, 2.24) is 9.71 Å². The van der Waals surface area contributed by atoms with Crippen LogP contribution in [0.5, 0.6) is 0 Å². The third-order valence-corrected chi connectivity index (χ3v) is 2.07. The molecule has 0 aromatic heterocycles. The van der Waals surface area contributed by atoms with Gasteiger partial charge in [0.25, 0.3) is 0 Å². The Hall–Kier alpha value is -0.0551. The summed E-state index contributed by atoms with van der Waals surface area (Å²) in [7, 11) is 1.84. The van der Waals surface area contributed by atoms with Crippen LogP contribution in [0.15, 0.2) is 0 Å². The fourth-order valence-electron chi connectivity index (χ4n) is 1.20. The lowest BCUT2D eigenvalue weighted by atomic mass is 9.84. The zero-order valence-corrected chi connectivity index (χ0v) is 6.75. The average molecular weight is 142 g/mol. The van der Waals surface area contributed by atoms with Crippen molar-refractivity contribution in [3.05, 3.63) is 0 Å². The summed E-state index contributed by atoms with van der Waals surface area (Å²) in [6.07, 6.45) is 0. The normalized spacial score (nSPS) is 23.1. The Bertz CT molecular complexity index is 102. The number of hydrogen-bond acceptors (Lipinski definition) is 3. The van der Waals surface area contributed by atoms with Crippen molar-refractivity contribution in [3.8, 4) is 0 Å². The largest absolute Gasteiger partial charge is 0.437 e. The molecule has 1 fully saturated rings. The molecule has 0 radical (unpaired) electrons. The van der Waals surface area contributed by atoms with Crippen LogP contribution in [-0.2, 0) is 0 Å². The molecule has 0 bridgehead atoms. The lowest BCUT2D eigenvalue weighted by Gasteiger charge is -2.32. The van der Waals surface area contributed by atoms with Gasteiger partial charge in [0.05, 0.1) is 0 Å². The van der Waals surface area contributed by atoms with Crippen molar-refractivity contribution in [2.75, 3.05) is 33.2 Å². The number of likely N-dealkylation sites (N-methyl/N-ethyl adjacent to an activating group) is 1. The fourth-order valence-corrected chi connectivity index (χ4v) is 1.20. The van der Waals surface area contributed by atoms with Gasteiger partial charge >= 0.3 is 7.05 Å². The zero-order chi connectivity index (χ0) is 7.56. The van der Waals surface area contributed by atoms with Crippen LogP contribution in [0.4, 0.5) is 0 Å². The molecule has 0 atom stereocenters. The van der Waals surface area contributed by atoms with Crippen LogP contribution >= 0.6 is 0 Å². The monoisotopic (exact) mass is 142 g/mol. The quantitative estimate of drug-likeness (QED) is 0.492. The minimum Gasteiger partial charge on any atom is -0.437 e. The van der Waals surface area contributed by atoms with Gasteiger partial charge in [0.1, 0.15) is 0 Å². The van der Waals surface area contributed by atoms with Crippen molar-refractivity contribution < 1.29 is 5.02 Å². The van der Waals surface area contributed by atoms with E-state index < -0.39 is 0 Å². The summed E-state index contributed by atoms with van der Waals surface area (Å²) < 4.78 is 0. The molecule has 1 aliphatic heterocycles. The van der Waals surface area contributed by atoms with Gasteiger partial charge in [-0.1, -0.05) is 0 Å². The number of hydrogen-bond donors (Lipinski definition) is 1. The molecule has 0 amide bonds. The maximum atomic E-state index is 9.17. The molecule has 10 heavy (non-hydrogen) atoms. The smallest absolute Gasteiger partial charge is 0.376 e. The molecule has 4 heteroatoms. The van der Waals surface area contributed by atoms with E-state index in [1.807, 2.05) is 6.82 Å². The SMILES string of the molecule is CB(O)N1CCN(C)CC1. The van der Waals surface area contributed by atoms with Crippen molar-refractivity contribution in [2.24, 2.45) is 0 Å². The molecule has 0 aliphatic carbocycles. The Balaban J connectivity index is 2.26. The second-order valence-electron chi connectivity index (χ2n) is 2.97. The molecule has 1 N–H and O–H groups in total. The Labute approximate surface area is 62.8 Å². The Morgan fingerprint density at radius 2 is 1.70 bits per heavy atom. The molecular formula is C6H15BN2O. The molecule has 0 aromatic rings. The molecule has 0 spiro atoms.